The lowest BCUT2D eigenvalue weighted by Gasteiger charge is -2.13. The van der Waals surface area contributed by atoms with Crippen LogP contribution >= 0.6 is 0 Å². The van der Waals surface area contributed by atoms with Crippen LogP contribution in [0.1, 0.15) is 12.0 Å². The molecule has 116 valence electrons. The fourth-order valence-electron chi connectivity index (χ4n) is 1.73. The summed E-state index contributed by atoms with van der Waals surface area (Å²) in [5.41, 5.74) is 0.627. The van der Waals surface area contributed by atoms with Crippen molar-refractivity contribution < 1.29 is 28.6 Å². The van der Waals surface area contributed by atoms with E-state index < -0.39 is 23.7 Å². The number of methoxy groups -OCH3 is 2. The first-order valence-electron chi connectivity index (χ1n) is 6.31. The molecular formula is C14H18FNO5. The molecule has 1 amide bonds. The second kappa shape index (κ2) is 8.21. The molecule has 2 N–H and O–H groups in total. The molecule has 0 aliphatic heterocycles. The van der Waals surface area contributed by atoms with Gasteiger partial charge in [-0.1, -0.05) is 6.07 Å². The molecule has 0 spiro atoms. The third kappa shape index (κ3) is 5.39. The third-order valence-corrected chi connectivity index (χ3v) is 2.82. The quantitative estimate of drug-likeness (QED) is 0.747. The average molecular weight is 299 g/mol. The number of halogens is 1. The monoisotopic (exact) mass is 299 g/mol. The van der Waals surface area contributed by atoms with E-state index in [0.717, 1.165) is 0 Å². The molecule has 21 heavy (non-hydrogen) atoms. The zero-order valence-corrected chi connectivity index (χ0v) is 11.9. The number of rotatable bonds is 8. The Labute approximate surface area is 121 Å². The summed E-state index contributed by atoms with van der Waals surface area (Å²) in [4.78, 5) is 22.5. The van der Waals surface area contributed by atoms with Crippen molar-refractivity contribution in [3.05, 3.63) is 29.6 Å². The van der Waals surface area contributed by atoms with Crippen LogP contribution in [0.5, 0.6) is 5.75 Å². The highest BCUT2D eigenvalue weighted by atomic mass is 19.1. The highest BCUT2D eigenvalue weighted by Gasteiger charge is 2.19. The number of hydrogen-bond donors (Lipinski definition) is 2. The van der Waals surface area contributed by atoms with E-state index in [1.54, 1.807) is 6.07 Å². The Kier molecular flexibility index (Phi) is 6.61. The summed E-state index contributed by atoms with van der Waals surface area (Å²) >= 11 is 0. The topological polar surface area (TPSA) is 84.9 Å². The molecule has 0 fully saturated rings. The molecule has 0 heterocycles. The fraction of sp³-hybridized carbons (Fsp3) is 0.429. The summed E-state index contributed by atoms with van der Waals surface area (Å²) in [6.45, 7) is -0.113. The van der Waals surface area contributed by atoms with Crippen molar-refractivity contribution in [3.8, 4) is 5.75 Å². The highest BCUT2D eigenvalue weighted by Crippen LogP contribution is 2.18. The van der Waals surface area contributed by atoms with E-state index in [4.69, 9.17) is 14.6 Å². The van der Waals surface area contributed by atoms with Gasteiger partial charge in [-0.2, -0.15) is 0 Å². The lowest BCUT2D eigenvalue weighted by atomic mass is 10.1. The van der Waals surface area contributed by atoms with E-state index in [1.807, 2.05) is 0 Å². The molecular weight excluding hydrogens is 281 g/mol. The molecule has 1 unspecified atom stereocenters. The molecule has 1 aromatic carbocycles. The van der Waals surface area contributed by atoms with Gasteiger partial charge in [0.1, 0.15) is 0 Å². The minimum atomic E-state index is -1.17. The van der Waals surface area contributed by atoms with Gasteiger partial charge in [0.05, 0.1) is 13.7 Å². The predicted octanol–water partition coefficient (Wildman–Crippen LogP) is 0.983. The molecule has 1 atom stereocenters. The Bertz CT molecular complexity index is 506. The molecule has 0 aliphatic carbocycles. The predicted molar refractivity (Wildman–Crippen MR) is 72.7 cm³/mol. The Morgan fingerprint density at radius 2 is 2.10 bits per heavy atom. The van der Waals surface area contributed by atoms with Crippen molar-refractivity contribution in [2.45, 2.75) is 18.9 Å². The largest absolute Gasteiger partial charge is 0.494 e. The van der Waals surface area contributed by atoms with E-state index in [2.05, 4.69) is 5.32 Å². The van der Waals surface area contributed by atoms with Gasteiger partial charge in [-0.15, -0.1) is 0 Å². The summed E-state index contributed by atoms with van der Waals surface area (Å²) in [5.74, 6) is -1.97. The van der Waals surface area contributed by atoms with Gasteiger partial charge < -0.3 is 19.9 Å². The van der Waals surface area contributed by atoms with E-state index in [-0.39, 0.29) is 18.8 Å². The molecule has 6 nitrogen and oxygen atoms in total. The second-order valence-corrected chi connectivity index (χ2v) is 4.38. The van der Waals surface area contributed by atoms with Crippen LogP contribution in [-0.4, -0.2) is 43.9 Å². The Morgan fingerprint density at radius 3 is 2.62 bits per heavy atom. The number of carbonyl (C=O) groups is 2. The van der Waals surface area contributed by atoms with Gasteiger partial charge in [-0.25, -0.2) is 9.18 Å². The molecule has 0 bridgehead atoms. The number of nitrogens with one attached hydrogen (secondary N) is 1. The van der Waals surface area contributed by atoms with Crippen molar-refractivity contribution in [2.75, 3.05) is 20.8 Å². The van der Waals surface area contributed by atoms with E-state index in [0.29, 0.717) is 12.0 Å². The summed E-state index contributed by atoms with van der Waals surface area (Å²) in [6, 6.07) is 3.33. The van der Waals surface area contributed by atoms with Crippen molar-refractivity contribution >= 4 is 11.9 Å². The van der Waals surface area contributed by atoms with Crippen LogP contribution in [0.4, 0.5) is 4.39 Å². The normalized spacial score (nSPS) is 11.8. The first-order valence-corrected chi connectivity index (χ1v) is 6.31. The van der Waals surface area contributed by atoms with Gasteiger partial charge in [0, 0.05) is 13.5 Å². The summed E-state index contributed by atoms with van der Waals surface area (Å²) < 4.78 is 23.0. The number of ether oxygens (including phenoxy) is 2. The Hall–Kier alpha value is -2.15. The fourth-order valence-corrected chi connectivity index (χ4v) is 1.73. The maximum atomic E-state index is 13.5. The molecule has 0 radical (unpaired) electrons. The Morgan fingerprint density at radius 1 is 1.38 bits per heavy atom. The lowest BCUT2D eigenvalue weighted by molar-refractivity contribution is -0.143. The van der Waals surface area contributed by atoms with Gasteiger partial charge in [0.25, 0.3) is 0 Å². The number of amides is 1. The maximum Gasteiger partial charge on any atom is 0.328 e. The second-order valence-electron chi connectivity index (χ2n) is 4.38. The first kappa shape index (κ1) is 16.9. The van der Waals surface area contributed by atoms with Crippen LogP contribution in [0.25, 0.3) is 0 Å². The van der Waals surface area contributed by atoms with Crippen LogP contribution in [0.15, 0.2) is 18.2 Å². The van der Waals surface area contributed by atoms with E-state index in [9.17, 15) is 14.0 Å². The zero-order valence-electron chi connectivity index (χ0n) is 11.9. The molecule has 0 saturated heterocycles. The SMILES string of the molecule is COCC(NC(=O)CCc1ccc(OC)c(F)c1)C(=O)O. The Balaban J connectivity index is 2.52. The lowest BCUT2D eigenvalue weighted by Crippen LogP contribution is -2.43. The van der Waals surface area contributed by atoms with E-state index in [1.165, 1.54) is 26.4 Å². The number of aliphatic carboxylic acids is 1. The standard InChI is InChI=1S/C14H18FNO5/c1-20-8-11(14(18)19)16-13(17)6-4-9-3-5-12(21-2)10(15)7-9/h3,5,7,11H,4,6,8H2,1-2H3,(H,16,17)(H,18,19). The van der Waals surface area contributed by atoms with Crippen LogP contribution in [-0.2, 0) is 20.7 Å². The molecule has 1 aromatic rings. The average Bonchev–Trinajstić information content (AvgIpc) is 2.44. The number of hydrogen-bond acceptors (Lipinski definition) is 4. The van der Waals surface area contributed by atoms with Gasteiger partial charge in [0.15, 0.2) is 17.6 Å². The molecule has 1 rings (SSSR count). The van der Waals surface area contributed by atoms with Gasteiger partial charge in [0.2, 0.25) is 5.91 Å². The number of carboxylic acids is 1. The van der Waals surface area contributed by atoms with Crippen LogP contribution in [0.2, 0.25) is 0 Å². The minimum absolute atomic E-state index is 0.0548. The summed E-state index contributed by atoms with van der Waals surface area (Å²) in [5, 5.41) is 11.2. The molecule has 0 aromatic heterocycles. The first-order chi connectivity index (χ1) is 9.97. The van der Waals surface area contributed by atoms with Crippen LogP contribution < -0.4 is 10.1 Å². The molecule has 7 heteroatoms. The van der Waals surface area contributed by atoms with Gasteiger partial charge in [-0.05, 0) is 24.1 Å². The number of carboxylic acid groups (broad SMARTS) is 1. The zero-order chi connectivity index (χ0) is 15.8. The van der Waals surface area contributed by atoms with Crippen molar-refractivity contribution in [1.29, 1.82) is 0 Å². The van der Waals surface area contributed by atoms with Crippen molar-refractivity contribution in [2.24, 2.45) is 0 Å². The van der Waals surface area contributed by atoms with Crippen molar-refractivity contribution in [1.82, 2.24) is 5.32 Å². The molecule has 0 saturated carbocycles. The minimum Gasteiger partial charge on any atom is -0.494 e. The van der Waals surface area contributed by atoms with Gasteiger partial charge in [-0.3, -0.25) is 4.79 Å². The van der Waals surface area contributed by atoms with E-state index >= 15 is 0 Å². The number of carbonyl (C=O) groups excluding carboxylic acids is 1. The summed E-state index contributed by atoms with van der Waals surface area (Å²) in [6.07, 6.45) is 0.353. The summed E-state index contributed by atoms with van der Waals surface area (Å²) in [7, 11) is 2.72. The number of aryl methyl sites for hydroxylation is 1. The third-order valence-electron chi connectivity index (χ3n) is 2.82. The van der Waals surface area contributed by atoms with Crippen molar-refractivity contribution in [3.63, 3.8) is 0 Å². The van der Waals surface area contributed by atoms with Gasteiger partial charge >= 0.3 is 5.97 Å². The van der Waals surface area contributed by atoms with Crippen LogP contribution in [0, 0.1) is 5.82 Å². The van der Waals surface area contributed by atoms with Crippen LogP contribution in [0.3, 0.4) is 0 Å². The smallest absolute Gasteiger partial charge is 0.328 e. The molecule has 0 aliphatic rings. The maximum absolute atomic E-state index is 13.5. The number of benzene rings is 1. The highest BCUT2D eigenvalue weighted by molar-refractivity contribution is 5.83.